The van der Waals surface area contributed by atoms with Crippen molar-refractivity contribution >= 4 is 45.9 Å². The zero-order valence-electron chi connectivity index (χ0n) is 16.5. The van der Waals surface area contributed by atoms with Gasteiger partial charge in [-0.15, -0.1) is 11.3 Å². The number of nitrogens with one attached hydrogen (secondary N) is 1. The van der Waals surface area contributed by atoms with E-state index in [-0.39, 0.29) is 16.5 Å². The molecule has 2 rings (SSSR count). The van der Waals surface area contributed by atoms with Crippen LogP contribution in [-0.2, 0) is 28.9 Å². The topological polar surface area (TPSA) is 194 Å². The van der Waals surface area contributed by atoms with Gasteiger partial charge in [0.25, 0.3) is 11.8 Å². The highest BCUT2D eigenvalue weighted by molar-refractivity contribution is 7.13. The van der Waals surface area contributed by atoms with E-state index in [1.54, 1.807) is 13.8 Å². The van der Waals surface area contributed by atoms with Crippen molar-refractivity contribution in [1.29, 1.82) is 0 Å². The van der Waals surface area contributed by atoms with Crippen LogP contribution in [0.25, 0.3) is 0 Å². The first-order chi connectivity index (χ1) is 13.8. The van der Waals surface area contributed by atoms with Crippen LogP contribution in [0.3, 0.4) is 0 Å². The largest absolute Gasteiger partial charge is 0.479 e. The number of aromatic nitrogens is 1. The Kier molecular flexibility index (Phi) is 6.32. The molecule has 0 unspecified atom stereocenters. The summed E-state index contributed by atoms with van der Waals surface area (Å²) in [6.07, 6.45) is 0. The van der Waals surface area contributed by atoms with Crippen molar-refractivity contribution < 1.29 is 39.1 Å². The first kappa shape index (κ1) is 23.0. The Balaban J connectivity index is 2.18. The SMILES string of the molecule is CC(C)(ON1C(=O)[C@@H](NC(=O)/C(=N\OCC(=O)O)c2csc(N)n2)C1(C)C)C(=O)O. The Morgan fingerprint density at radius 2 is 2.03 bits per heavy atom. The van der Waals surface area contributed by atoms with Crippen molar-refractivity contribution in [2.24, 2.45) is 5.16 Å². The number of carboxylic acids is 2. The molecule has 2 amide bonds. The molecule has 1 aliphatic rings. The number of thiazole rings is 1. The number of nitrogen functional groups attached to an aromatic ring is 1. The molecule has 1 fully saturated rings. The van der Waals surface area contributed by atoms with Crippen molar-refractivity contribution in [3.63, 3.8) is 0 Å². The van der Waals surface area contributed by atoms with E-state index in [2.05, 4.69) is 20.3 Å². The maximum atomic E-state index is 12.7. The summed E-state index contributed by atoms with van der Waals surface area (Å²) in [6.45, 7) is 4.89. The average Bonchev–Trinajstić information content (AvgIpc) is 3.06. The predicted octanol–water partition coefficient (Wildman–Crippen LogP) is -0.569. The number of carbonyl (C=O) groups excluding carboxylic acids is 2. The fraction of sp³-hybridized carbons (Fsp3) is 0.500. The summed E-state index contributed by atoms with van der Waals surface area (Å²) < 4.78 is 0. The molecule has 2 heterocycles. The number of nitrogens with two attached hydrogens (primary N) is 1. The summed E-state index contributed by atoms with van der Waals surface area (Å²) in [5.41, 5.74) is 2.46. The van der Waals surface area contributed by atoms with E-state index in [1.807, 2.05) is 0 Å². The van der Waals surface area contributed by atoms with Crippen LogP contribution in [0.5, 0.6) is 0 Å². The lowest BCUT2D eigenvalue weighted by Crippen LogP contribution is -2.77. The van der Waals surface area contributed by atoms with Crippen molar-refractivity contribution in [2.45, 2.75) is 44.9 Å². The van der Waals surface area contributed by atoms with E-state index in [0.717, 1.165) is 16.4 Å². The maximum Gasteiger partial charge on any atom is 0.344 e. The Bertz CT molecular complexity index is 909. The van der Waals surface area contributed by atoms with Gasteiger partial charge in [0.05, 0.1) is 5.54 Å². The molecule has 5 N–H and O–H groups in total. The third-order valence-electron chi connectivity index (χ3n) is 4.11. The first-order valence-electron chi connectivity index (χ1n) is 8.48. The van der Waals surface area contributed by atoms with Crippen LogP contribution < -0.4 is 11.1 Å². The minimum absolute atomic E-state index is 0.0325. The minimum atomic E-state index is -1.67. The number of nitrogens with zero attached hydrogens (tertiary/aromatic N) is 3. The standard InChI is InChI=1S/C16H21N5O8S/c1-15(2)10(12(25)21(15)29-16(3,4)13(26)27)19-11(24)9(20-28-5-8(22)23)7-6-30-14(17)18-7/h6,10H,5H2,1-4H3,(H2,17,18)(H,19,24)(H,22,23)(H,26,27)/b20-9-/t10-/m1/s1. The van der Waals surface area contributed by atoms with E-state index in [1.165, 1.54) is 19.2 Å². The normalized spacial score (nSPS) is 18.5. The highest BCUT2D eigenvalue weighted by atomic mass is 32.1. The van der Waals surface area contributed by atoms with Crippen LogP contribution in [0.2, 0.25) is 0 Å². The highest BCUT2D eigenvalue weighted by Gasteiger charge is 2.58. The van der Waals surface area contributed by atoms with Gasteiger partial charge in [-0.1, -0.05) is 5.16 Å². The molecule has 1 atom stereocenters. The molecule has 1 aromatic rings. The lowest BCUT2D eigenvalue weighted by atomic mass is 9.84. The second kappa shape index (κ2) is 8.23. The van der Waals surface area contributed by atoms with E-state index in [9.17, 15) is 24.3 Å². The molecular formula is C16H21N5O8S. The number of amides is 2. The van der Waals surface area contributed by atoms with Crippen LogP contribution >= 0.6 is 11.3 Å². The second-order valence-electron chi connectivity index (χ2n) is 7.28. The third-order valence-corrected chi connectivity index (χ3v) is 4.78. The molecule has 14 heteroatoms. The van der Waals surface area contributed by atoms with E-state index < -0.39 is 47.5 Å². The quantitative estimate of drug-likeness (QED) is 0.218. The molecule has 0 aliphatic carbocycles. The summed E-state index contributed by atoms with van der Waals surface area (Å²) in [5, 5.41) is 26.2. The van der Waals surface area contributed by atoms with Crippen LogP contribution in [0.15, 0.2) is 10.5 Å². The van der Waals surface area contributed by atoms with E-state index in [0.29, 0.717) is 0 Å². The second-order valence-corrected chi connectivity index (χ2v) is 8.17. The van der Waals surface area contributed by atoms with Gasteiger partial charge in [0.1, 0.15) is 11.7 Å². The number of oxime groups is 1. The van der Waals surface area contributed by atoms with E-state index in [4.69, 9.17) is 15.7 Å². The fourth-order valence-corrected chi connectivity index (χ4v) is 2.92. The van der Waals surface area contributed by atoms with Gasteiger partial charge in [0, 0.05) is 5.38 Å². The number of carboxylic acid groups (broad SMARTS) is 2. The summed E-state index contributed by atoms with van der Waals surface area (Å²) in [6, 6.07) is -1.07. The first-order valence-corrected chi connectivity index (χ1v) is 9.36. The van der Waals surface area contributed by atoms with Gasteiger partial charge < -0.3 is 26.1 Å². The van der Waals surface area contributed by atoms with Crippen LogP contribution in [0.1, 0.15) is 33.4 Å². The number of β-lactam (4-membered cyclic amide) rings is 1. The summed E-state index contributed by atoms with van der Waals surface area (Å²) in [5.74, 6) is -4.12. The zero-order chi connectivity index (χ0) is 22.9. The van der Waals surface area contributed by atoms with Gasteiger partial charge in [0.2, 0.25) is 6.61 Å². The Labute approximate surface area is 174 Å². The third kappa shape index (κ3) is 4.65. The van der Waals surface area contributed by atoms with E-state index >= 15 is 0 Å². The number of hydroxylamine groups is 2. The predicted molar refractivity (Wildman–Crippen MR) is 102 cm³/mol. The Morgan fingerprint density at radius 3 is 2.50 bits per heavy atom. The monoisotopic (exact) mass is 443 g/mol. The minimum Gasteiger partial charge on any atom is -0.479 e. The van der Waals surface area contributed by atoms with Gasteiger partial charge in [-0.25, -0.2) is 19.6 Å². The molecule has 30 heavy (non-hydrogen) atoms. The van der Waals surface area contributed by atoms with Gasteiger partial charge in [-0.05, 0) is 27.7 Å². The molecule has 0 saturated carbocycles. The lowest BCUT2D eigenvalue weighted by Gasteiger charge is -2.53. The number of carbonyl (C=O) groups is 4. The molecule has 1 aromatic heterocycles. The zero-order valence-corrected chi connectivity index (χ0v) is 17.3. The Morgan fingerprint density at radius 1 is 1.40 bits per heavy atom. The summed E-state index contributed by atoms with van der Waals surface area (Å²) in [4.78, 5) is 60.9. The van der Waals surface area contributed by atoms with Crippen LogP contribution in [0.4, 0.5) is 5.13 Å². The van der Waals surface area contributed by atoms with Crippen LogP contribution in [0, 0.1) is 0 Å². The molecular weight excluding hydrogens is 422 g/mol. The molecule has 0 bridgehead atoms. The molecule has 1 saturated heterocycles. The molecule has 13 nitrogen and oxygen atoms in total. The number of rotatable bonds is 9. The maximum absolute atomic E-state index is 12.7. The van der Waals surface area contributed by atoms with Crippen molar-refractivity contribution in [1.82, 2.24) is 15.4 Å². The Hall–Kier alpha value is -3.26. The van der Waals surface area contributed by atoms with Crippen molar-refractivity contribution in [3.05, 3.63) is 11.1 Å². The van der Waals surface area contributed by atoms with Gasteiger partial charge in [-0.2, -0.15) is 0 Å². The fourth-order valence-electron chi connectivity index (χ4n) is 2.38. The van der Waals surface area contributed by atoms with Gasteiger partial charge in [-0.3, -0.25) is 14.4 Å². The molecule has 164 valence electrons. The van der Waals surface area contributed by atoms with Crippen LogP contribution in [-0.4, -0.2) is 73.5 Å². The van der Waals surface area contributed by atoms with Crippen molar-refractivity contribution in [2.75, 3.05) is 12.3 Å². The number of anilines is 1. The summed E-state index contributed by atoms with van der Waals surface area (Å²) >= 11 is 1.02. The molecule has 0 radical (unpaired) electrons. The molecule has 1 aliphatic heterocycles. The smallest absolute Gasteiger partial charge is 0.344 e. The number of hydrogen-bond acceptors (Lipinski definition) is 10. The number of hydrogen-bond donors (Lipinski definition) is 4. The van der Waals surface area contributed by atoms with Gasteiger partial charge >= 0.3 is 11.9 Å². The average molecular weight is 443 g/mol. The molecule has 0 aromatic carbocycles. The molecule has 0 spiro atoms. The highest BCUT2D eigenvalue weighted by Crippen LogP contribution is 2.34. The lowest BCUT2D eigenvalue weighted by molar-refractivity contribution is -0.295. The van der Waals surface area contributed by atoms with Crippen molar-refractivity contribution in [3.8, 4) is 0 Å². The van der Waals surface area contributed by atoms with Gasteiger partial charge in [0.15, 0.2) is 16.4 Å². The summed E-state index contributed by atoms with van der Waals surface area (Å²) in [7, 11) is 0. The number of aliphatic carboxylic acids is 2.